The second-order valence-electron chi connectivity index (χ2n) is 4.60. The van der Waals surface area contributed by atoms with E-state index in [0.717, 1.165) is 5.56 Å². The Morgan fingerprint density at radius 3 is 2.81 bits per heavy atom. The molecule has 0 saturated carbocycles. The molecule has 1 atom stereocenters. The first-order valence-electron chi connectivity index (χ1n) is 6.62. The van der Waals surface area contributed by atoms with Crippen molar-refractivity contribution in [3.05, 3.63) is 40.3 Å². The van der Waals surface area contributed by atoms with Gasteiger partial charge in [-0.1, -0.05) is 6.07 Å². The summed E-state index contributed by atoms with van der Waals surface area (Å²) in [6.45, 7) is 3.35. The van der Waals surface area contributed by atoms with Gasteiger partial charge in [-0.2, -0.15) is 5.10 Å². The highest BCUT2D eigenvalue weighted by Crippen LogP contribution is 2.18. The number of nitrogens with zero attached hydrogens (tertiary/aromatic N) is 3. The maximum absolute atomic E-state index is 12.7. The lowest BCUT2D eigenvalue weighted by atomic mass is 10.1. The Labute approximate surface area is 135 Å². The van der Waals surface area contributed by atoms with E-state index < -0.39 is 0 Å². The van der Waals surface area contributed by atoms with Crippen molar-refractivity contribution in [2.75, 3.05) is 13.6 Å². The summed E-state index contributed by atoms with van der Waals surface area (Å²) in [6, 6.07) is 3.72. The zero-order valence-electron chi connectivity index (χ0n) is 12.4. The van der Waals surface area contributed by atoms with Crippen molar-refractivity contribution in [1.82, 2.24) is 20.0 Å². The van der Waals surface area contributed by atoms with Gasteiger partial charge in [-0.05, 0) is 25.4 Å². The SMILES string of the molecule is CCN(Cc1cccs1)C(=O)C(NC)c1cnn(C)c1.Cl. The lowest BCUT2D eigenvalue weighted by molar-refractivity contribution is -0.133. The molecule has 2 heterocycles. The molecule has 0 spiro atoms. The average Bonchev–Trinajstić information content (AvgIpc) is 3.08. The summed E-state index contributed by atoms with van der Waals surface area (Å²) >= 11 is 1.67. The number of aryl methyl sites for hydroxylation is 1. The number of nitrogens with one attached hydrogen (secondary N) is 1. The van der Waals surface area contributed by atoms with Crippen molar-refractivity contribution in [1.29, 1.82) is 0 Å². The molecule has 21 heavy (non-hydrogen) atoms. The second-order valence-corrected chi connectivity index (χ2v) is 5.63. The minimum Gasteiger partial charge on any atom is -0.336 e. The monoisotopic (exact) mass is 328 g/mol. The van der Waals surface area contributed by atoms with Gasteiger partial charge in [0.2, 0.25) is 5.91 Å². The van der Waals surface area contributed by atoms with Crippen LogP contribution in [0, 0.1) is 0 Å². The molecular weight excluding hydrogens is 308 g/mol. The highest BCUT2D eigenvalue weighted by Gasteiger charge is 2.25. The number of likely N-dealkylation sites (N-methyl/N-ethyl adjacent to an activating group) is 2. The zero-order chi connectivity index (χ0) is 14.5. The van der Waals surface area contributed by atoms with E-state index in [2.05, 4.69) is 16.5 Å². The number of carbonyl (C=O) groups excluding carboxylic acids is 1. The van der Waals surface area contributed by atoms with Crippen LogP contribution in [0.5, 0.6) is 0 Å². The molecule has 1 unspecified atom stereocenters. The van der Waals surface area contributed by atoms with Crippen LogP contribution in [0.25, 0.3) is 0 Å². The topological polar surface area (TPSA) is 50.2 Å². The molecule has 0 aliphatic rings. The third-order valence-corrected chi connectivity index (χ3v) is 4.08. The molecule has 0 aliphatic heterocycles. The highest BCUT2D eigenvalue weighted by molar-refractivity contribution is 7.09. The third-order valence-electron chi connectivity index (χ3n) is 3.21. The molecule has 2 rings (SSSR count). The van der Waals surface area contributed by atoms with E-state index in [1.807, 2.05) is 36.5 Å². The van der Waals surface area contributed by atoms with Gasteiger partial charge in [-0.3, -0.25) is 9.48 Å². The van der Waals surface area contributed by atoms with Crippen LogP contribution in [0.1, 0.15) is 23.4 Å². The molecule has 0 aliphatic carbocycles. The maximum Gasteiger partial charge on any atom is 0.244 e. The number of rotatable bonds is 6. The average molecular weight is 329 g/mol. The van der Waals surface area contributed by atoms with Crippen LogP contribution in [-0.4, -0.2) is 34.2 Å². The quantitative estimate of drug-likeness (QED) is 0.884. The molecule has 2 aromatic rings. The maximum atomic E-state index is 12.7. The lowest BCUT2D eigenvalue weighted by Gasteiger charge is -2.25. The molecule has 0 saturated heterocycles. The number of carbonyl (C=O) groups is 1. The third kappa shape index (κ3) is 4.30. The van der Waals surface area contributed by atoms with Gasteiger partial charge in [0, 0.05) is 30.2 Å². The molecule has 116 valence electrons. The summed E-state index contributed by atoms with van der Waals surface area (Å²) in [7, 11) is 3.65. The first-order chi connectivity index (χ1) is 9.65. The first kappa shape index (κ1) is 17.7. The predicted molar refractivity (Wildman–Crippen MR) is 87.7 cm³/mol. The van der Waals surface area contributed by atoms with Crippen molar-refractivity contribution < 1.29 is 4.79 Å². The highest BCUT2D eigenvalue weighted by atomic mass is 35.5. The van der Waals surface area contributed by atoms with E-state index in [-0.39, 0.29) is 24.4 Å². The number of aromatic nitrogens is 2. The van der Waals surface area contributed by atoms with Crippen LogP contribution in [0.2, 0.25) is 0 Å². The van der Waals surface area contributed by atoms with E-state index in [0.29, 0.717) is 13.1 Å². The van der Waals surface area contributed by atoms with Gasteiger partial charge in [-0.15, -0.1) is 23.7 Å². The molecule has 0 fully saturated rings. The van der Waals surface area contributed by atoms with Crippen molar-refractivity contribution in [3.8, 4) is 0 Å². The largest absolute Gasteiger partial charge is 0.336 e. The van der Waals surface area contributed by atoms with Crippen LogP contribution in [-0.2, 0) is 18.4 Å². The van der Waals surface area contributed by atoms with Gasteiger partial charge in [-0.25, -0.2) is 0 Å². The summed E-state index contributed by atoms with van der Waals surface area (Å²) in [5.74, 6) is 0.0800. The Bertz CT molecular complexity index is 555. The number of thiophene rings is 1. The smallest absolute Gasteiger partial charge is 0.244 e. The van der Waals surface area contributed by atoms with E-state index in [9.17, 15) is 4.79 Å². The molecule has 1 N–H and O–H groups in total. The van der Waals surface area contributed by atoms with Gasteiger partial charge in [0.15, 0.2) is 0 Å². The Morgan fingerprint density at radius 1 is 1.57 bits per heavy atom. The van der Waals surface area contributed by atoms with Crippen molar-refractivity contribution >= 4 is 29.7 Å². The number of hydrogen-bond donors (Lipinski definition) is 1. The van der Waals surface area contributed by atoms with E-state index in [1.54, 1.807) is 29.3 Å². The normalized spacial score (nSPS) is 11.8. The summed E-state index contributed by atoms with van der Waals surface area (Å²) in [5, 5.41) is 9.25. The molecule has 0 radical (unpaired) electrons. The van der Waals surface area contributed by atoms with Crippen LogP contribution >= 0.6 is 23.7 Å². The number of halogens is 1. The first-order valence-corrected chi connectivity index (χ1v) is 7.50. The Hall–Kier alpha value is -1.37. The van der Waals surface area contributed by atoms with Gasteiger partial charge in [0.1, 0.15) is 6.04 Å². The van der Waals surface area contributed by atoms with Crippen molar-refractivity contribution in [2.45, 2.75) is 19.5 Å². The van der Waals surface area contributed by atoms with Crippen LogP contribution in [0.4, 0.5) is 0 Å². The minimum absolute atomic E-state index is 0. The van der Waals surface area contributed by atoms with Gasteiger partial charge >= 0.3 is 0 Å². The van der Waals surface area contributed by atoms with Gasteiger partial charge in [0.25, 0.3) is 0 Å². The fourth-order valence-corrected chi connectivity index (χ4v) is 2.86. The molecule has 0 bridgehead atoms. The van der Waals surface area contributed by atoms with Crippen LogP contribution in [0.15, 0.2) is 29.9 Å². The fourth-order valence-electron chi connectivity index (χ4n) is 2.14. The summed E-state index contributed by atoms with van der Waals surface area (Å²) in [4.78, 5) is 15.7. The van der Waals surface area contributed by atoms with Gasteiger partial charge in [0.05, 0.1) is 12.7 Å². The molecule has 1 amide bonds. The van der Waals surface area contributed by atoms with Crippen molar-refractivity contribution in [3.63, 3.8) is 0 Å². The lowest BCUT2D eigenvalue weighted by Crippen LogP contribution is -2.39. The van der Waals surface area contributed by atoms with E-state index >= 15 is 0 Å². The van der Waals surface area contributed by atoms with E-state index in [4.69, 9.17) is 0 Å². The Morgan fingerprint density at radius 2 is 2.33 bits per heavy atom. The van der Waals surface area contributed by atoms with Crippen LogP contribution < -0.4 is 5.32 Å². The van der Waals surface area contributed by atoms with Crippen molar-refractivity contribution in [2.24, 2.45) is 7.05 Å². The molecule has 2 aromatic heterocycles. The minimum atomic E-state index is -0.344. The Kier molecular flexibility index (Phi) is 6.87. The fraction of sp³-hybridized carbons (Fsp3) is 0.429. The standard InChI is InChI=1S/C14H20N4OS.ClH/c1-4-18(10-12-6-5-7-20-12)14(19)13(15-2)11-8-16-17(3)9-11;/h5-9,13,15H,4,10H2,1-3H3;1H. The molecule has 0 aromatic carbocycles. The molecular formula is C14H21ClN4OS. The zero-order valence-corrected chi connectivity index (χ0v) is 14.1. The molecule has 7 heteroatoms. The van der Waals surface area contributed by atoms with E-state index in [1.165, 1.54) is 4.88 Å². The number of amides is 1. The van der Waals surface area contributed by atoms with Crippen LogP contribution in [0.3, 0.4) is 0 Å². The Balaban J connectivity index is 0.00000220. The summed E-state index contributed by atoms with van der Waals surface area (Å²) < 4.78 is 1.71. The predicted octanol–water partition coefficient (Wildman–Crippen LogP) is 2.21. The second kappa shape index (κ2) is 8.17. The summed E-state index contributed by atoms with van der Waals surface area (Å²) in [6.07, 6.45) is 3.61. The number of hydrogen-bond acceptors (Lipinski definition) is 4. The summed E-state index contributed by atoms with van der Waals surface area (Å²) in [5.41, 5.74) is 0.893. The molecule has 5 nitrogen and oxygen atoms in total. The van der Waals surface area contributed by atoms with Gasteiger partial charge < -0.3 is 10.2 Å².